The van der Waals surface area contributed by atoms with Gasteiger partial charge in [0, 0.05) is 18.8 Å². The second kappa shape index (κ2) is 8.98. The monoisotopic (exact) mass is 390 g/mol. The zero-order valence-corrected chi connectivity index (χ0v) is 15.6. The maximum atomic E-state index is 12.3. The molecule has 0 saturated carbocycles. The normalized spacial score (nSPS) is 16.8. The smallest absolute Gasteiger partial charge is 0.262 e. The highest BCUT2D eigenvalue weighted by Crippen LogP contribution is 2.16. The highest BCUT2D eigenvalue weighted by atomic mass is 32.2. The Balaban J connectivity index is 1.50. The van der Waals surface area contributed by atoms with Crippen LogP contribution in [0.25, 0.3) is 0 Å². The summed E-state index contributed by atoms with van der Waals surface area (Å²) in [5, 5.41) is 2.67. The maximum absolute atomic E-state index is 12.3. The first-order chi connectivity index (χ1) is 13.0. The number of para-hydroxylation sites is 1. The number of hydrogen-bond acceptors (Lipinski definition) is 5. The highest BCUT2D eigenvalue weighted by Gasteiger charge is 2.20. The first kappa shape index (κ1) is 19.3. The molecule has 1 aliphatic rings. The molecule has 27 heavy (non-hydrogen) atoms. The molecule has 1 aliphatic heterocycles. The maximum Gasteiger partial charge on any atom is 0.262 e. The zero-order chi connectivity index (χ0) is 19.1. The molecule has 1 fully saturated rings. The van der Waals surface area contributed by atoms with Crippen LogP contribution in [0.4, 0.5) is 5.69 Å². The molecule has 0 aromatic heterocycles. The van der Waals surface area contributed by atoms with E-state index in [1.54, 1.807) is 24.3 Å². The third-order valence-electron chi connectivity index (χ3n) is 4.09. The lowest BCUT2D eigenvalue weighted by molar-refractivity contribution is -0.118. The predicted molar refractivity (Wildman–Crippen MR) is 101 cm³/mol. The number of carbonyl (C=O) groups is 1. The lowest BCUT2D eigenvalue weighted by atomic mass is 10.2. The number of benzene rings is 2. The number of nitrogens with one attached hydrogen (secondary N) is 2. The van der Waals surface area contributed by atoms with E-state index in [1.165, 1.54) is 12.1 Å². The summed E-state index contributed by atoms with van der Waals surface area (Å²) >= 11 is 0. The molecule has 0 radical (unpaired) electrons. The van der Waals surface area contributed by atoms with Gasteiger partial charge in [0.15, 0.2) is 6.61 Å². The van der Waals surface area contributed by atoms with Crippen molar-refractivity contribution in [2.24, 2.45) is 0 Å². The quantitative estimate of drug-likeness (QED) is 0.720. The van der Waals surface area contributed by atoms with Crippen LogP contribution < -0.4 is 14.8 Å². The fourth-order valence-electron chi connectivity index (χ4n) is 2.67. The second-order valence-electron chi connectivity index (χ2n) is 6.16. The number of amides is 1. The van der Waals surface area contributed by atoms with Crippen molar-refractivity contribution in [3.63, 3.8) is 0 Å². The van der Waals surface area contributed by atoms with Gasteiger partial charge in [0.25, 0.3) is 5.91 Å². The van der Waals surface area contributed by atoms with Gasteiger partial charge in [-0.1, -0.05) is 18.2 Å². The van der Waals surface area contributed by atoms with Crippen LogP contribution in [0.1, 0.15) is 12.8 Å². The van der Waals surface area contributed by atoms with Crippen molar-refractivity contribution < 1.29 is 22.7 Å². The average Bonchev–Trinajstić information content (AvgIpc) is 3.20. The van der Waals surface area contributed by atoms with E-state index in [4.69, 9.17) is 9.47 Å². The van der Waals surface area contributed by atoms with Crippen LogP contribution in [0.2, 0.25) is 0 Å². The van der Waals surface area contributed by atoms with Gasteiger partial charge >= 0.3 is 0 Å². The first-order valence-electron chi connectivity index (χ1n) is 8.72. The lowest BCUT2D eigenvalue weighted by Gasteiger charge is -2.12. The summed E-state index contributed by atoms with van der Waals surface area (Å²) in [5.41, 5.74) is 0.495. The Morgan fingerprint density at radius 1 is 1.11 bits per heavy atom. The van der Waals surface area contributed by atoms with Gasteiger partial charge in [0.05, 0.1) is 11.0 Å². The van der Waals surface area contributed by atoms with Crippen molar-refractivity contribution in [2.45, 2.75) is 23.8 Å². The minimum absolute atomic E-state index is 0.0667. The van der Waals surface area contributed by atoms with Crippen LogP contribution in [0, 0.1) is 0 Å². The van der Waals surface area contributed by atoms with E-state index in [1.807, 2.05) is 18.2 Å². The molecular formula is C19H22N2O5S. The Bertz CT molecular complexity index is 847. The molecule has 1 amide bonds. The molecule has 7 nitrogen and oxygen atoms in total. The molecule has 1 atom stereocenters. The van der Waals surface area contributed by atoms with Crippen LogP contribution in [-0.2, 0) is 19.6 Å². The second-order valence-corrected chi connectivity index (χ2v) is 7.93. The summed E-state index contributed by atoms with van der Waals surface area (Å²) in [6.45, 7) is 0.805. The Morgan fingerprint density at radius 2 is 1.85 bits per heavy atom. The fraction of sp³-hybridized carbons (Fsp3) is 0.316. The van der Waals surface area contributed by atoms with Crippen molar-refractivity contribution in [3.8, 4) is 5.75 Å². The molecular weight excluding hydrogens is 368 g/mol. The molecule has 2 aromatic carbocycles. The van der Waals surface area contributed by atoms with E-state index >= 15 is 0 Å². The van der Waals surface area contributed by atoms with Crippen molar-refractivity contribution in [2.75, 3.05) is 25.1 Å². The summed E-state index contributed by atoms with van der Waals surface area (Å²) < 4.78 is 38.0. The number of ether oxygens (including phenoxy) is 2. The predicted octanol–water partition coefficient (Wildman–Crippen LogP) is 2.16. The van der Waals surface area contributed by atoms with E-state index < -0.39 is 10.0 Å². The fourth-order valence-corrected chi connectivity index (χ4v) is 3.74. The zero-order valence-electron chi connectivity index (χ0n) is 14.8. The van der Waals surface area contributed by atoms with E-state index in [2.05, 4.69) is 10.0 Å². The topological polar surface area (TPSA) is 93.7 Å². The van der Waals surface area contributed by atoms with Gasteiger partial charge in [-0.2, -0.15) is 0 Å². The van der Waals surface area contributed by atoms with Gasteiger partial charge in [-0.15, -0.1) is 0 Å². The van der Waals surface area contributed by atoms with Gasteiger partial charge in [0.1, 0.15) is 5.75 Å². The molecule has 1 saturated heterocycles. The third-order valence-corrected chi connectivity index (χ3v) is 5.53. The summed E-state index contributed by atoms with van der Waals surface area (Å²) in [6.07, 6.45) is 1.75. The number of anilines is 1. The van der Waals surface area contributed by atoms with Crippen molar-refractivity contribution in [3.05, 3.63) is 54.6 Å². The molecule has 3 rings (SSSR count). The van der Waals surface area contributed by atoms with Crippen LogP contribution >= 0.6 is 0 Å². The Labute approximate surface area is 158 Å². The minimum Gasteiger partial charge on any atom is -0.484 e. The van der Waals surface area contributed by atoms with Gasteiger partial charge in [-0.25, -0.2) is 13.1 Å². The Hall–Kier alpha value is -2.42. The minimum atomic E-state index is -3.61. The van der Waals surface area contributed by atoms with Crippen LogP contribution in [0.3, 0.4) is 0 Å². The lowest BCUT2D eigenvalue weighted by Crippen LogP contribution is -2.31. The van der Waals surface area contributed by atoms with Crippen molar-refractivity contribution in [1.82, 2.24) is 4.72 Å². The van der Waals surface area contributed by atoms with Gasteiger partial charge in [0.2, 0.25) is 10.0 Å². The molecule has 0 bridgehead atoms. The molecule has 1 heterocycles. The Morgan fingerprint density at radius 3 is 2.52 bits per heavy atom. The van der Waals surface area contributed by atoms with E-state index in [0.717, 1.165) is 12.8 Å². The molecule has 0 aliphatic carbocycles. The number of sulfonamides is 1. The van der Waals surface area contributed by atoms with Gasteiger partial charge in [-0.3, -0.25) is 4.79 Å². The average molecular weight is 390 g/mol. The molecule has 8 heteroatoms. The highest BCUT2D eigenvalue weighted by molar-refractivity contribution is 7.89. The van der Waals surface area contributed by atoms with Gasteiger partial charge in [-0.05, 0) is 49.2 Å². The largest absolute Gasteiger partial charge is 0.484 e. The molecule has 144 valence electrons. The Kier molecular flexibility index (Phi) is 6.44. The number of carbonyl (C=O) groups excluding carboxylic acids is 1. The number of rotatable bonds is 8. The van der Waals surface area contributed by atoms with E-state index in [9.17, 15) is 13.2 Å². The summed E-state index contributed by atoms with van der Waals surface area (Å²) in [4.78, 5) is 12.1. The summed E-state index contributed by atoms with van der Waals surface area (Å²) in [6, 6.07) is 15.0. The van der Waals surface area contributed by atoms with Crippen molar-refractivity contribution in [1.29, 1.82) is 0 Å². The van der Waals surface area contributed by atoms with Crippen LogP contribution in [0.5, 0.6) is 5.75 Å². The molecule has 2 N–H and O–H groups in total. The third kappa shape index (κ3) is 5.78. The molecule has 2 aromatic rings. The van der Waals surface area contributed by atoms with Crippen LogP contribution in [-0.4, -0.2) is 40.2 Å². The number of hydrogen-bond donors (Lipinski definition) is 2. The molecule has 0 spiro atoms. The van der Waals surface area contributed by atoms with E-state index in [-0.39, 0.29) is 30.1 Å². The molecule has 0 unspecified atom stereocenters. The standard InChI is InChI=1S/C19H22N2O5S/c22-19(14-26-16-5-2-1-3-6-16)21-15-8-10-18(11-9-15)27(23,24)20-13-17-7-4-12-25-17/h1-3,5-6,8-11,17,20H,4,7,12-14H2,(H,21,22)/t17-/m1/s1. The summed E-state index contributed by atoms with van der Waals surface area (Å²) in [7, 11) is -3.61. The van der Waals surface area contributed by atoms with Gasteiger partial charge < -0.3 is 14.8 Å². The van der Waals surface area contributed by atoms with Crippen LogP contribution in [0.15, 0.2) is 59.5 Å². The van der Waals surface area contributed by atoms with Crippen molar-refractivity contribution >= 4 is 21.6 Å². The van der Waals surface area contributed by atoms with E-state index in [0.29, 0.717) is 18.0 Å². The SMILES string of the molecule is O=C(COc1ccccc1)Nc1ccc(S(=O)(=O)NC[C@H]2CCCO2)cc1. The first-order valence-corrected chi connectivity index (χ1v) is 10.2. The summed E-state index contributed by atoms with van der Waals surface area (Å²) in [5.74, 6) is 0.275.